The molecule has 3 heterocycles. The van der Waals surface area contributed by atoms with Crippen molar-refractivity contribution in [2.24, 2.45) is 7.05 Å². The maximum absolute atomic E-state index is 4.60. The van der Waals surface area contributed by atoms with Crippen LogP contribution in [0, 0.1) is 13.8 Å². The molecule has 122 valence electrons. The number of aromatic nitrogens is 7. The van der Waals surface area contributed by atoms with E-state index in [-0.39, 0.29) is 0 Å². The normalized spacial score (nSPS) is 11.3. The molecule has 0 fully saturated rings. The van der Waals surface area contributed by atoms with E-state index < -0.39 is 0 Å². The average molecular weight is 314 g/mol. The summed E-state index contributed by atoms with van der Waals surface area (Å²) in [5, 5.41) is 9.01. The van der Waals surface area contributed by atoms with Crippen molar-refractivity contribution in [3.8, 4) is 0 Å². The van der Waals surface area contributed by atoms with E-state index in [0.29, 0.717) is 0 Å². The van der Waals surface area contributed by atoms with Crippen LogP contribution in [0.25, 0.3) is 5.65 Å². The molecule has 0 aliphatic heterocycles. The van der Waals surface area contributed by atoms with E-state index in [0.717, 1.165) is 54.0 Å². The zero-order chi connectivity index (χ0) is 16.6. The van der Waals surface area contributed by atoms with Gasteiger partial charge in [-0.2, -0.15) is 10.1 Å². The summed E-state index contributed by atoms with van der Waals surface area (Å²) in [5.74, 6) is 2.49. The van der Waals surface area contributed by atoms with Gasteiger partial charge in [-0.1, -0.05) is 0 Å². The summed E-state index contributed by atoms with van der Waals surface area (Å²) < 4.78 is 3.68. The molecule has 0 spiro atoms. The Bertz CT molecular complexity index is 792. The van der Waals surface area contributed by atoms with Crippen LogP contribution in [-0.2, 0) is 19.9 Å². The number of anilines is 1. The molecule has 0 aliphatic rings. The van der Waals surface area contributed by atoms with Crippen LogP contribution in [0.2, 0.25) is 0 Å². The van der Waals surface area contributed by atoms with Crippen LogP contribution < -0.4 is 4.90 Å². The Hall–Kier alpha value is -2.51. The van der Waals surface area contributed by atoms with Crippen LogP contribution in [0.4, 0.5) is 5.95 Å². The summed E-state index contributed by atoms with van der Waals surface area (Å²) >= 11 is 0. The Morgan fingerprint density at radius 3 is 2.61 bits per heavy atom. The molecule has 3 aromatic heterocycles. The van der Waals surface area contributed by atoms with Crippen molar-refractivity contribution in [1.82, 2.24) is 34.3 Å². The predicted octanol–water partition coefficient (Wildman–Crippen LogP) is 1.11. The Morgan fingerprint density at radius 2 is 1.91 bits per heavy atom. The highest BCUT2D eigenvalue weighted by molar-refractivity contribution is 5.43. The van der Waals surface area contributed by atoms with Gasteiger partial charge in [-0.05, 0) is 20.8 Å². The minimum Gasteiger partial charge on any atom is -0.343 e. The average Bonchev–Trinajstić information content (AvgIpc) is 3.13. The van der Waals surface area contributed by atoms with Crippen molar-refractivity contribution in [3.05, 3.63) is 29.2 Å². The van der Waals surface area contributed by atoms with Gasteiger partial charge in [0.2, 0.25) is 5.95 Å². The number of hydrogen-bond donors (Lipinski definition) is 0. The molecule has 8 heteroatoms. The van der Waals surface area contributed by atoms with Gasteiger partial charge in [0.25, 0.3) is 0 Å². The van der Waals surface area contributed by atoms with Gasteiger partial charge in [0.1, 0.15) is 5.82 Å². The van der Waals surface area contributed by atoms with E-state index in [2.05, 4.69) is 32.1 Å². The summed E-state index contributed by atoms with van der Waals surface area (Å²) in [5.41, 5.74) is 2.69. The summed E-state index contributed by atoms with van der Waals surface area (Å²) in [6, 6.07) is 0. The number of nitrogens with zero attached hydrogens (tertiary/aromatic N) is 8. The topological polar surface area (TPSA) is 77.0 Å². The molecule has 0 aromatic carbocycles. The maximum atomic E-state index is 4.60. The summed E-state index contributed by atoms with van der Waals surface area (Å²) in [6.07, 6.45) is 3.29. The molecule has 0 radical (unpaired) electrons. The Kier molecular flexibility index (Phi) is 3.97. The highest BCUT2D eigenvalue weighted by atomic mass is 15.4. The van der Waals surface area contributed by atoms with Gasteiger partial charge in [-0.3, -0.25) is 9.67 Å². The Labute approximate surface area is 135 Å². The second-order valence-electron chi connectivity index (χ2n) is 5.71. The first-order valence-electron chi connectivity index (χ1n) is 7.78. The Morgan fingerprint density at radius 1 is 1.13 bits per heavy atom. The molecular weight excluding hydrogens is 292 g/mol. The monoisotopic (exact) mass is 314 g/mol. The van der Waals surface area contributed by atoms with E-state index in [1.54, 1.807) is 0 Å². The molecule has 0 bridgehead atoms. The fourth-order valence-corrected chi connectivity index (χ4v) is 2.39. The van der Waals surface area contributed by atoms with Gasteiger partial charge >= 0.3 is 0 Å². The van der Waals surface area contributed by atoms with Crippen LogP contribution in [-0.4, -0.2) is 47.9 Å². The lowest BCUT2D eigenvalue weighted by molar-refractivity contribution is 0.681. The summed E-state index contributed by atoms with van der Waals surface area (Å²) in [4.78, 5) is 15.5. The van der Waals surface area contributed by atoms with Crippen LogP contribution in [0.5, 0.6) is 0 Å². The third-order valence-electron chi connectivity index (χ3n) is 3.98. The van der Waals surface area contributed by atoms with Gasteiger partial charge < -0.3 is 4.90 Å². The molecule has 0 saturated carbocycles. The fourth-order valence-electron chi connectivity index (χ4n) is 2.39. The standard InChI is InChI=1S/C15H22N8/c1-6-21(4)15-18-13(22(5)20-15)8-7-12-17-14-11(3)16-9-10(2)23(14)19-12/h9H,6-8H2,1-5H3. The molecule has 0 saturated heterocycles. The third-order valence-corrected chi connectivity index (χ3v) is 3.98. The second-order valence-corrected chi connectivity index (χ2v) is 5.71. The van der Waals surface area contributed by atoms with E-state index in [4.69, 9.17) is 0 Å². The third kappa shape index (κ3) is 2.88. The van der Waals surface area contributed by atoms with Crippen molar-refractivity contribution in [2.45, 2.75) is 33.6 Å². The second kappa shape index (κ2) is 5.94. The van der Waals surface area contributed by atoms with Crippen LogP contribution in [0.1, 0.15) is 30.0 Å². The molecule has 0 N–H and O–H groups in total. The molecule has 0 atom stereocenters. The fraction of sp³-hybridized carbons (Fsp3) is 0.533. The molecule has 3 aromatic rings. The summed E-state index contributed by atoms with van der Waals surface area (Å²) in [7, 11) is 3.91. The van der Waals surface area contributed by atoms with Crippen LogP contribution >= 0.6 is 0 Å². The molecule has 0 amide bonds. The maximum Gasteiger partial charge on any atom is 0.244 e. The largest absolute Gasteiger partial charge is 0.343 e. The molecule has 0 aliphatic carbocycles. The zero-order valence-corrected chi connectivity index (χ0v) is 14.3. The smallest absolute Gasteiger partial charge is 0.244 e. The lowest BCUT2D eigenvalue weighted by Gasteiger charge is -2.09. The van der Waals surface area contributed by atoms with Gasteiger partial charge in [-0.25, -0.2) is 9.50 Å². The first-order valence-corrected chi connectivity index (χ1v) is 7.78. The first-order chi connectivity index (χ1) is 11.0. The van der Waals surface area contributed by atoms with Gasteiger partial charge in [0.15, 0.2) is 11.5 Å². The van der Waals surface area contributed by atoms with Crippen LogP contribution in [0.15, 0.2) is 6.20 Å². The number of aryl methyl sites for hydroxylation is 5. The van der Waals surface area contributed by atoms with Gasteiger partial charge in [0.05, 0.1) is 11.4 Å². The van der Waals surface area contributed by atoms with Gasteiger partial charge in [-0.15, -0.1) is 5.10 Å². The predicted molar refractivity (Wildman–Crippen MR) is 87.6 cm³/mol. The number of hydrogen-bond acceptors (Lipinski definition) is 6. The molecule has 8 nitrogen and oxygen atoms in total. The minimum absolute atomic E-state index is 0.725. The number of fused-ring (bicyclic) bond motifs is 1. The van der Waals surface area contributed by atoms with Crippen molar-refractivity contribution >= 4 is 11.6 Å². The zero-order valence-electron chi connectivity index (χ0n) is 14.3. The van der Waals surface area contributed by atoms with E-state index in [1.165, 1.54) is 0 Å². The van der Waals surface area contributed by atoms with Gasteiger partial charge in [0, 0.05) is 39.7 Å². The Balaban J connectivity index is 1.80. The number of rotatable bonds is 5. The van der Waals surface area contributed by atoms with E-state index in [9.17, 15) is 0 Å². The molecule has 3 rings (SSSR count). The van der Waals surface area contributed by atoms with Crippen molar-refractivity contribution in [3.63, 3.8) is 0 Å². The molecule has 23 heavy (non-hydrogen) atoms. The minimum atomic E-state index is 0.725. The molecular formula is C15H22N8. The lowest BCUT2D eigenvalue weighted by Crippen LogP contribution is -2.17. The highest BCUT2D eigenvalue weighted by Gasteiger charge is 2.13. The quantitative estimate of drug-likeness (QED) is 0.702. The molecule has 0 unspecified atom stereocenters. The van der Waals surface area contributed by atoms with Crippen molar-refractivity contribution < 1.29 is 0 Å². The highest BCUT2D eigenvalue weighted by Crippen LogP contribution is 2.11. The first kappa shape index (κ1) is 15.4. The van der Waals surface area contributed by atoms with Crippen LogP contribution in [0.3, 0.4) is 0 Å². The lowest BCUT2D eigenvalue weighted by atomic mass is 10.3. The SMILES string of the molecule is CCN(C)c1nc(CCc2nc3c(C)ncc(C)n3n2)n(C)n1. The van der Waals surface area contributed by atoms with E-state index >= 15 is 0 Å². The summed E-state index contributed by atoms with van der Waals surface area (Å²) in [6.45, 7) is 6.88. The van der Waals surface area contributed by atoms with Crippen molar-refractivity contribution in [2.75, 3.05) is 18.5 Å². The van der Waals surface area contributed by atoms with E-state index in [1.807, 2.05) is 48.2 Å². The van der Waals surface area contributed by atoms with Crippen molar-refractivity contribution in [1.29, 1.82) is 0 Å².